The van der Waals surface area contributed by atoms with E-state index in [-0.39, 0.29) is 0 Å². The van der Waals surface area contributed by atoms with Gasteiger partial charge >= 0.3 is 0 Å². The van der Waals surface area contributed by atoms with Crippen molar-refractivity contribution in [3.05, 3.63) is 18.2 Å². The third kappa shape index (κ3) is 3.29. The Balaban J connectivity index is 1.82. The van der Waals surface area contributed by atoms with Gasteiger partial charge in [-0.1, -0.05) is 19.8 Å². The van der Waals surface area contributed by atoms with Gasteiger partial charge in [-0.15, -0.1) is 0 Å². The molecule has 3 nitrogen and oxygen atoms in total. The number of rotatable bonds is 7. The molecule has 0 aliphatic heterocycles. The van der Waals surface area contributed by atoms with Crippen molar-refractivity contribution in [3.8, 4) is 0 Å². The molecule has 0 saturated heterocycles. The van der Waals surface area contributed by atoms with E-state index in [9.17, 15) is 0 Å². The van der Waals surface area contributed by atoms with Crippen molar-refractivity contribution >= 4 is 11.8 Å². The number of imidazole rings is 1. The minimum Gasteiger partial charge on any atom is -0.333 e. The van der Waals surface area contributed by atoms with Crippen molar-refractivity contribution in [1.82, 2.24) is 14.9 Å². The maximum Gasteiger partial charge on any atom is 0.0948 e. The highest BCUT2D eigenvalue weighted by Gasteiger charge is 2.32. The molecule has 0 radical (unpaired) electrons. The summed E-state index contributed by atoms with van der Waals surface area (Å²) in [5, 5.41) is 3.64. The van der Waals surface area contributed by atoms with Gasteiger partial charge in [0.15, 0.2) is 0 Å². The van der Waals surface area contributed by atoms with Crippen LogP contribution in [0.15, 0.2) is 12.5 Å². The van der Waals surface area contributed by atoms with Crippen LogP contribution < -0.4 is 5.32 Å². The molecule has 1 N–H and O–H groups in total. The van der Waals surface area contributed by atoms with E-state index in [1.54, 1.807) is 0 Å². The van der Waals surface area contributed by atoms with Crippen molar-refractivity contribution in [3.63, 3.8) is 0 Å². The molecular formula is C14H25N3S. The van der Waals surface area contributed by atoms with Gasteiger partial charge in [0, 0.05) is 30.6 Å². The average molecular weight is 267 g/mol. The molecule has 1 fully saturated rings. The predicted octanol–water partition coefficient (Wildman–Crippen LogP) is 3.06. The number of hydrogen-bond acceptors (Lipinski definition) is 3. The van der Waals surface area contributed by atoms with Gasteiger partial charge in [-0.2, -0.15) is 11.8 Å². The standard InChI is InChI=1S/C14H25N3S/c1-3-8-17-12-16-10-13(17)9-15-11-14(18-2)6-4-5-7-14/h10,12,15H,3-9,11H2,1-2H3. The summed E-state index contributed by atoms with van der Waals surface area (Å²) in [5.41, 5.74) is 1.31. The van der Waals surface area contributed by atoms with Crippen molar-refractivity contribution in [2.45, 2.75) is 56.9 Å². The van der Waals surface area contributed by atoms with E-state index in [1.165, 1.54) is 31.4 Å². The fourth-order valence-corrected chi connectivity index (χ4v) is 3.77. The smallest absolute Gasteiger partial charge is 0.0948 e. The third-order valence-electron chi connectivity index (χ3n) is 3.96. The van der Waals surface area contributed by atoms with Crippen molar-refractivity contribution in [2.24, 2.45) is 0 Å². The van der Waals surface area contributed by atoms with Crippen LogP contribution in [0.25, 0.3) is 0 Å². The van der Waals surface area contributed by atoms with Gasteiger partial charge in [0.25, 0.3) is 0 Å². The number of thioether (sulfide) groups is 1. The van der Waals surface area contributed by atoms with Crippen LogP contribution in [-0.2, 0) is 13.1 Å². The van der Waals surface area contributed by atoms with Crippen LogP contribution in [0.2, 0.25) is 0 Å². The second-order valence-electron chi connectivity index (χ2n) is 5.28. The van der Waals surface area contributed by atoms with Crippen LogP contribution in [0.1, 0.15) is 44.7 Å². The van der Waals surface area contributed by atoms with Crippen molar-refractivity contribution in [1.29, 1.82) is 0 Å². The summed E-state index contributed by atoms with van der Waals surface area (Å²) in [6.07, 6.45) is 12.9. The zero-order valence-corrected chi connectivity index (χ0v) is 12.4. The molecule has 2 rings (SSSR count). The first-order valence-electron chi connectivity index (χ1n) is 7.04. The Bertz CT molecular complexity index is 356. The van der Waals surface area contributed by atoms with Crippen molar-refractivity contribution in [2.75, 3.05) is 12.8 Å². The first-order valence-corrected chi connectivity index (χ1v) is 8.27. The molecule has 0 bridgehead atoms. The number of nitrogens with zero attached hydrogens (tertiary/aromatic N) is 2. The van der Waals surface area contributed by atoms with Gasteiger partial charge in [-0.25, -0.2) is 4.98 Å². The van der Waals surface area contributed by atoms with E-state index in [0.29, 0.717) is 4.75 Å². The van der Waals surface area contributed by atoms with Gasteiger partial charge in [-0.05, 0) is 25.5 Å². The quantitative estimate of drug-likeness (QED) is 0.823. The Morgan fingerprint density at radius 3 is 2.89 bits per heavy atom. The zero-order valence-electron chi connectivity index (χ0n) is 11.6. The molecule has 18 heavy (non-hydrogen) atoms. The normalized spacial score (nSPS) is 18.3. The van der Waals surface area contributed by atoms with Gasteiger partial charge in [0.2, 0.25) is 0 Å². The lowest BCUT2D eigenvalue weighted by Crippen LogP contribution is -2.35. The summed E-state index contributed by atoms with van der Waals surface area (Å²) in [6, 6.07) is 0. The van der Waals surface area contributed by atoms with Crippen molar-refractivity contribution < 1.29 is 0 Å². The second-order valence-corrected chi connectivity index (χ2v) is 6.55. The molecular weight excluding hydrogens is 242 g/mol. The van der Waals surface area contributed by atoms with E-state index in [1.807, 2.05) is 24.3 Å². The van der Waals surface area contributed by atoms with Crippen LogP contribution >= 0.6 is 11.8 Å². The molecule has 0 atom stereocenters. The monoisotopic (exact) mass is 267 g/mol. The molecule has 1 heterocycles. The summed E-state index contributed by atoms with van der Waals surface area (Å²) in [7, 11) is 0. The molecule has 0 amide bonds. The largest absolute Gasteiger partial charge is 0.333 e. The highest BCUT2D eigenvalue weighted by Crippen LogP contribution is 2.39. The third-order valence-corrected chi connectivity index (χ3v) is 5.38. The first kappa shape index (κ1) is 13.9. The number of hydrogen-bond donors (Lipinski definition) is 1. The van der Waals surface area contributed by atoms with Gasteiger partial charge in [0.1, 0.15) is 0 Å². The minimum absolute atomic E-state index is 0.496. The molecule has 1 saturated carbocycles. The molecule has 0 unspecified atom stereocenters. The molecule has 4 heteroatoms. The average Bonchev–Trinajstić information content (AvgIpc) is 3.01. The number of aryl methyl sites for hydroxylation is 1. The van der Waals surface area contributed by atoms with Gasteiger partial charge < -0.3 is 9.88 Å². The Labute approximate surface area is 115 Å². The first-order chi connectivity index (χ1) is 8.79. The second kappa shape index (κ2) is 6.62. The van der Waals surface area contributed by atoms with E-state index < -0.39 is 0 Å². The summed E-state index contributed by atoms with van der Waals surface area (Å²) in [4.78, 5) is 4.25. The van der Waals surface area contributed by atoms with E-state index in [2.05, 4.69) is 28.0 Å². The fraction of sp³-hybridized carbons (Fsp3) is 0.786. The van der Waals surface area contributed by atoms with Crippen LogP contribution in [-0.4, -0.2) is 27.1 Å². The molecule has 0 aromatic carbocycles. The molecule has 102 valence electrons. The van der Waals surface area contributed by atoms with Crippen LogP contribution in [0.3, 0.4) is 0 Å². The van der Waals surface area contributed by atoms with Gasteiger partial charge in [0.05, 0.1) is 12.0 Å². The Kier molecular flexibility index (Phi) is 5.13. The van der Waals surface area contributed by atoms with Crippen LogP contribution in [0, 0.1) is 0 Å². The molecule has 1 aromatic heterocycles. The SMILES string of the molecule is CCCn1cncc1CNCC1(SC)CCCC1. The fourth-order valence-electron chi connectivity index (χ4n) is 2.83. The number of aromatic nitrogens is 2. The Morgan fingerprint density at radius 2 is 2.22 bits per heavy atom. The van der Waals surface area contributed by atoms with E-state index in [0.717, 1.165) is 26.1 Å². The van der Waals surface area contributed by atoms with E-state index in [4.69, 9.17) is 0 Å². The maximum atomic E-state index is 4.25. The minimum atomic E-state index is 0.496. The summed E-state index contributed by atoms with van der Waals surface area (Å²) >= 11 is 2.05. The number of nitrogens with one attached hydrogen (secondary N) is 1. The summed E-state index contributed by atoms with van der Waals surface area (Å²) in [6.45, 7) is 5.36. The van der Waals surface area contributed by atoms with Gasteiger partial charge in [-0.3, -0.25) is 0 Å². The Morgan fingerprint density at radius 1 is 1.44 bits per heavy atom. The van der Waals surface area contributed by atoms with E-state index >= 15 is 0 Å². The van der Waals surface area contributed by atoms with Crippen LogP contribution in [0.5, 0.6) is 0 Å². The molecule has 0 spiro atoms. The topological polar surface area (TPSA) is 29.9 Å². The lowest BCUT2D eigenvalue weighted by Gasteiger charge is -2.27. The molecule has 1 aliphatic carbocycles. The summed E-state index contributed by atoms with van der Waals surface area (Å²) in [5.74, 6) is 0. The lowest BCUT2D eigenvalue weighted by atomic mass is 10.1. The maximum absolute atomic E-state index is 4.25. The molecule has 1 aliphatic rings. The summed E-state index contributed by atoms with van der Waals surface area (Å²) < 4.78 is 2.75. The van der Waals surface area contributed by atoms with Crippen LogP contribution in [0.4, 0.5) is 0 Å². The Hall–Kier alpha value is -0.480. The predicted molar refractivity (Wildman–Crippen MR) is 78.9 cm³/mol. The zero-order chi connectivity index (χ0) is 12.8. The highest BCUT2D eigenvalue weighted by atomic mass is 32.2. The highest BCUT2D eigenvalue weighted by molar-refractivity contribution is 8.00. The molecule has 1 aromatic rings. The lowest BCUT2D eigenvalue weighted by molar-refractivity contribution is 0.519.